The zero-order valence-corrected chi connectivity index (χ0v) is 35.9. The highest BCUT2D eigenvalue weighted by atomic mass is 32.2. The molecule has 2 aliphatic heterocycles. The van der Waals surface area contributed by atoms with Crippen LogP contribution in [0.1, 0.15) is 70.9 Å². The number of fused-ring (bicyclic) bond motifs is 2. The van der Waals surface area contributed by atoms with Gasteiger partial charge >= 0.3 is 0 Å². The summed E-state index contributed by atoms with van der Waals surface area (Å²) >= 11 is 1.67. The van der Waals surface area contributed by atoms with E-state index in [2.05, 4.69) is 85.7 Å². The molecular formula is C44H53N2O8S3+. The van der Waals surface area contributed by atoms with Gasteiger partial charge in [0.15, 0.2) is 17.2 Å². The summed E-state index contributed by atoms with van der Waals surface area (Å²) in [5.41, 5.74) is 8.09. The molecule has 0 spiro atoms. The van der Waals surface area contributed by atoms with Crippen LogP contribution in [0.2, 0.25) is 0 Å². The molecule has 6 rings (SSSR count). The lowest BCUT2D eigenvalue weighted by Gasteiger charge is -2.27. The van der Waals surface area contributed by atoms with Gasteiger partial charge in [-0.25, -0.2) is 0 Å². The van der Waals surface area contributed by atoms with E-state index >= 15 is 0 Å². The number of ether oxygens (including phenoxy) is 2. The Kier molecular flexibility index (Phi) is 12.7. The van der Waals surface area contributed by atoms with Crippen molar-refractivity contribution in [1.82, 2.24) is 0 Å². The summed E-state index contributed by atoms with van der Waals surface area (Å²) in [6.45, 7) is 9.60. The molecule has 304 valence electrons. The maximum absolute atomic E-state index is 11.7. The third kappa shape index (κ3) is 9.44. The van der Waals surface area contributed by atoms with E-state index in [0.29, 0.717) is 24.6 Å². The number of methoxy groups -OCH3 is 2. The fourth-order valence-electron chi connectivity index (χ4n) is 8.28. The van der Waals surface area contributed by atoms with Gasteiger partial charge < -0.3 is 14.4 Å². The average Bonchev–Trinajstić information content (AvgIpc) is 3.50. The number of nitrogens with zero attached hydrogens (tertiary/aromatic N) is 2. The highest BCUT2D eigenvalue weighted by Gasteiger charge is 2.44. The highest BCUT2D eigenvalue weighted by molar-refractivity contribution is 8.03. The average molecular weight is 834 g/mol. The lowest BCUT2D eigenvalue weighted by atomic mass is 9.81. The fraction of sp³-hybridized carbons (Fsp3) is 0.386. The SMILES string of the molecule is COc1ccc(SC2=C(C=CC3=[N+](CCCS(=O)(=O)O)c4ccccc4C3(C)C)CCCC2=CC=C2N(CCCS(=O)(=O)O)c3ccccc3C2(C)C)cc1OC. The van der Waals surface area contributed by atoms with E-state index < -0.39 is 20.2 Å². The molecule has 10 nitrogen and oxygen atoms in total. The molecule has 0 fully saturated rings. The Morgan fingerprint density at radius 2 is 1.46 bits per heavy atom. The van der Waals surface area contributed by atoms with Crippen LogP contribution in [0.15, 0.2) is 118 Å². The van der Waals surface area contributed by atoms with Gasteiger partial charge in [0.2, 0.25) is 5.69 Å². The van der Waals surface area contributed by atoms with Crippen molar-refractivity contribution < 1.29 is 40.0 Å². The van der Waals surface area contributed by atoms with Crippen molar-refractivity contribution in [3.8, 4) is 11.5 Å². The van der Waals surface area contributed by atoms with Crippen molar-refractivity contribution in [3.05, 3.63) is 124 Å². The molecule has 2 heterocycles. The molecule has 2 N–H and O–H groups in total. The van der Waals surface area contributed by atoms with E-state index in [1.165, 1.54) is 11.1 Å². The molecule has 0 amide bonds. The molecule has 0 atom stereocenters. The van der Waals surface area contributed by atoms with E-state index in [4.69, 9.17) is 9.47 Å². The zero-order valence-electron chi connectivity index (χ0n) is 33.5. The Labute approximate surface area is 342 Å². The van der Waals surface area contributed by atoms with Crippen LogP contribution >= 0.6 is 11.8 Å². The molecule has 13 heteroatoms. The van der Waals surface area contributed by atoms with Crippen molar-refractivity contribution in [2.45, 2.75) is 75.5 Å². The lowest BCUT2D eigenvalue weighted by molar-refractivity contribution is -0.437. The second kappa shape index (κ2) is 17.0. The quantitative estimate of drug-likeness (QED) is 0.113. The van der Waals surface area contributed by atoms with Gasteiger partial charge in [0.1, 0.15) is 6.54 Å². The molecule has 3 aromatic rings. The van der Waals surface area contributed by atoms with Gasteiger partial charge in [0, 0.05) is 57.3 Å². The van der Waals surface area contributed by atoms with Crippen molar-refractivity contribution in [1.29, 1.82) is 0 Å². The fourth-order valence-corrected chi connectivity index (χ4v) is 10.4. The number of rotatable bonds is 15. The Morgan fingerprint density at radius 3 is 2.16 bits per heavy atom. The van der Waals surface area contributed by atoms with Gasteiger partial charge in [-0.05, 0) is 86.6 Å². The van der Waals surface area contributed by atoms with E-state index in [-0.39, 0.29) is 35.2 Å². The molecule has 1 aliphatic carbocycles. The predicted octanol–water partition coefficient (Wildman–Crippen LogP) is 9.03. The standard InChI is InChI=1S/C44H52N2O8S3/c1-43(2)34-16-7-9-18-36(34)45(26-12-28-56(47,48)49)40(43)24-20-31-14-11-15-32(42(31)55-33-22-23-38(53-5)39(30-33)54-6)21-25-41-44(3,4)35-17-8-10-19-37(35)46(41)27-13-29-57(50,51)52/h7-10,16-25,30H,11-15,26-29H2,1-6H3,(H-,47,48,49,50,51,52)/p+1. The number of benzene rings is 3. The molecule has 0 radical (unpaired) electrons. The van der Waals surface area contributed by atoms with Crippen LogP contribution in [0.5, 0.6) is 11.5 Å². The lowest BCUT2D eigenvalue weighted by Crippen LogP contribution is -2.28. The smallest absolute Gasteiger partial charge is 0.265 e. The first-order valence-electron chi connectivity index (χ1n) is 19.2. The summed E-state index contributed by atoms with van der Waals surface area (Å²) in [5, 5.41) is 0. The summed E-state index contributed by atoms with van der Waals surface area (Å²) in [7, 11) is -4.95. The van der Waals surface area contributed by atoms with E-state index in [9.17, 15) is 25.9 Å². The summed E-state index contributed by atoms with van der Waals surface area (Å²) in [6.07, 6.45) is 11.9. The Morgan fingerprint density at radius 1 is 0.789 bits per heavy atom. The summed E-state index contributed by atoms with van der Waals surface area (Å²) in [4.78, 5) is 4.29. The van der Waals surface area contributed by atoms with Crippen LogP contribution in [0.3, 0.4) is 0 Å². The molecule has 0 bridgehead atoms. The molecule has 0 unspecified atom stereocenters. The minimum atomic E-state index is -4.10. The van der Waals surface area contributed by atoms with Crippen molar-refractivity contribution in [3.63, 3.8) is 0 Å². The number of hydrogen-bond acceptors (Lipinski definition) is 8. The van der Waals surface area contributed by atoms with Crippen LogP contribution < -0.4 is 14.4 Å². The number of thioether (sulfide) groups is 1. The maximum Gasteiger partial charge on any atom is 0.265 e. The highest BCUT2D eigenvalue weighted by Crippen LogP contribution is 2.49. The Hall–Kier alpha value is -4.14. The molecule has 57 heavy (non-hydrogen) atoms. The van der Waals surface area contributed by atoms with Crippen LogP contribution in [-0.4, -0.2) is 75.0 Å². The summed E-state index contributed by atoms with van der Waals surface area (Å²) < 4.78 is 79.1. The maximum atomic E-state index is 11.7. The largest absolute Gasteiger partial charge is 0.493 e. The minimum Gasteiger partial charge on any atom is -0.493 e. The van der Waals surface area contributed by atoms with Gasteiger partial charge in [-0.15, -0.1) is 0 Å². The van der Waals surface area contributed by atoms with Gasteiger partial charge in [-0.2, -0.15) is 21.4 Å². The topological polar surface area (TPSA) is 133 Å². The monoisotopic (exact) mass is 833 g/mol. The molecule has 0 aromatic heterocycles. The Balaban J connectivity index is 1.46. The first-order valence-corrected chi connectivity index (χ1v) is 23.2. The second-order valence-corrected chi connectivity index (χ2v) is 19.9. The molecule has 3 aliphatic rings. The Bertz CT molecular complexity index is 2410. The van der Waals surface area contributed by atoms with Crippen molar-refractivity contribution in [2.75, 3.05) is 43.7 Å². The van der Waals surface area contributed by atoms with Gasteiger partial charge in [-0.3, -0.25) is 9.11 Å². The van der Waals surface area contributed by atoms with Crippen LogP contribution in [0, 0.1) is 0 Å². The molecule has 3 aromatic carbocycles. The zero-order chi connectivity index (χ0) is 41.2. The van der Waals surface area contributed by atoms with Crippen molar-refractivity contribution >= 4 is 49.1 Å². The first-order chi connectivity index (χ1) is 26.9. The molecular weight excluding hydrogens is 781 g/mol. The van der Waals surface area contributed by atoms with Gasteiger partial charge in [0.25, 0.3) is 20.2 Å². The minimum absolute atomic E-state index is 0.276. The first kappa shape index (κ1) is 42.5. The normalized spacial score (nSPS) is 19.2. The van der Waals surface area contributed by atoms with E-state index in [0.717, 1.165) is 63.0 Å². The van der Waals surface area contributed by atoms with Crippen LogP contribution in [0.25, 0.3) is 0 Å². The van der Waals surface area contributed by atoms with Gasteiger partial charge in [0.05, 0.1) is 31.1 Å². The third-order valence-electron chi connectivity index (χ3n) is 11.1. The van der Waals surface area contributed by atoms with Crippen LogP contribution in [0.4, 0.5) is 11.4 Å². The number of para-hydroxylation sites is 2. The number of allylic oxidation sites excluding steroid dienone is 7. The van der Waals surface area contributed by atoms with Gasteiger partial charge in [-0.1, -0.05) is 74.2 Å². The summed E-state index contributed by atoms with van der Waals surface area (Å²) in [6, 6.07) is 22.3. The second-order valence-electron chi connectivity index (χ2n) is 15.7. The van der Waals surface area contributed by atoms with Crippen LogP contribution in [-0.2, 0) is 31.1 Å². The summed E-state index contributed by atoms with van der Waals surface area (Å²) in [5.74, 6) is 0.648. The number of hydrogen-bond donors (Lipinski definition) is 2. The van der Waals surface area contributed by atoms with Crippen molar-refractivity contribution in [2.24, 2.45) is 0 Å². The number of anilines is 1. The molecule has 0 saturated carbocycles. The third-order valence-corrected chi connectivity index (χ3v) is 13.9. The predicted molar refractivity (Wildman–Crippen MR) is 230 cm³/mol. The van der Waals surface area contributed by atoms with E-state index in [1.807, 2.05) is 42.5 Å². The van der Waals surface area contributed by atoms with E-state index in [1.54, 1.807) is 26.0 Å². The molecule has 0 saturated heterocycles.